The molecule has 0 aliphatic carbocycles. The van der Waals surface area contributed by atoms with Gasteiger partial charge in [0.2, 0.25) is 0 Å². The molecular formula is C16H26N2O3. The topological polar surface area (TPSA) is 59.6 Å². The highest BCUT2D eigenvalue weighted by molar-refractivity contribution is 5.78. The molecule has 0 fully saturated rings. The molecule has 1 amide bonds. The van der Waals surface area contributed by atoms with Crippen LogP contribution in [0.25, 0.3) is 0 Å². The average Bonchev–Trinajstić information content (AvgIpc) is 2.42. The van der Waals surface area contributed by atoms with Crippen molar-refractivity contribution < 1.29 is 14.3 Å². The highest BCUT2D eigenvalue weighted by Crippen LogP contribution is 2.30. The van der Waals surface area contributed by atoms with Gasteiger partial charge in [-0.25, -0.2) is 0 Å². The summed E-state index contributed by atoms with van der Waals surface area (Å²) in [6.45, 7) is 7.82. The van der Waals surface area contributed by atoms with Gasteiger partial charge >= 0.3 is 0 Å². The Bertz CT molecular complexity index is 481. The van der Waals surface area contributed by atoms with Crippen molar-refractivity contribution in [2.75, 3.05) is 20.8 Å². The van der Waals surface area contributed by atoms with E-state index in [1.165, 1.54) is 0 Å². The fourth-order valence-corrected chi connectivity index (χ4v) is 1.84. The summed E-state index contributed by atoms with van der Waals surface area (Å²) in [5, 5.41) is 6.02. The molecule has 0 spiro atoms. The number of amides is 1. The molecule has 21 heavy (non-hydrogen) atoms. The van der Waals surface area contributed by atoms with Gasteiger partial charge in [0, 0.05) is 11.6 Å². The molecule has 1 aromatic carbocycles. The second-order valence-electron chi connectivity index (χ2n) is 6.01. The molecule has 0 saturated heterocycles. The Morgan fingerprint density at radius 1 is 1.29 bits per heavy atom. The van der Waals surface area contributed by atoms with Crippen LogP contribution in [0.15, 0.2) is 18.2 Å². The summed E-state index contributed by atoms with van der Waals surface area (Å²) < 4.78 is 10.9. The van der Waals surface area contributed by atoms with Crippen molar-refractivity contribution in [2.45, 2.75) is 39.3 Å². The zero-order valence-electron chi connectivity index (χ0n) is 13.7. The number of carbonyl (C=O) groups is 1. The van der Waals surface area contributed by atoms with Crippen LogP contribution in [-0.4, -0.2) is 32.2 Å². The van der Waals surface area contributed by atoms with E-state index < -0.39 is 0 Å². The molecule has 0 bridgehead atoms. The van der Waals surface area contributed by atoms with Gasteiger partial charge in [0.15, 0.2) is 18.1 Å². The Morgan fingerprint density at radius 3 is 2.48 bits per heavy atom. The molecule has 0 saturated carbocycles. The zero-order valence-corrected chi connectivity index (χ0v) is 13.7. The molecule has 0 radical (unpaired) electrons. The molecule has 0 aliphatic rings. The SMILES string of the molecule is CNC(C)c1ccc(OCC(=O)NC(C)(C)C)c(OC)c1. The summed E-state index contributed by atoms with van der Waals surface area (Å²) in [5.74, 6) is 1.03. The normalized spacial score (nSPS) is 12.7. The standard InChI is InChI=1S/C16H26N2O3/c1-11(17-5)12-7-8-13(14(9-12)20-6)21-10-15(19)18-16(2,3)4/h7-9,11,17H,10H2,1-6H3,(H,18,19). The minimum Gasteiger partial charge on any atom is -0.493 e. The third-order valence-corrected chi connectivity index (χ3v) is 2.99. The van der Waals surface area contributed by atoms with Crippen molar-refractivity contribution in [3.05, 3.63) is 23.8 Å². The minimum atomic E-state index is -0.267. The minimum absolute atomic E-state index is 0.0332. The van der Waals surface area contributed by atoms with Gasteiger partial charge in [-0.2, -0.15) is 0 Å². The van der Waals surface area contributed by atoms with Gasteiger partial charge < -0.3 is 20.1 Å². The Labute approximate surface area is 127 Å². The van der Waals surface area contributed by atoms with Crippen LogP contribution in [0.1, 0.15) is 39.3 Å². The number of hydrogen-bond acceptors (Lipinski definition) is 4. The lowest BCUT2D eigenvalue weighted by Gasteiger charge is -2.21. The number of benzene rings is 1. The predicted octanol–water partition coefficient (Wildman–Crippen LogP) is 2.27. The largest absolute Gasteiger partial charge is 0.493 e. The van der Waals surface area contributed by atoms with Gasteiger partial charge in [0.1, 0.15) is 0 Å². The van der Waals surface area contributed by atoms with Gasteiger partial charge in [-0.1, -0.05) is 6.07 Å². The van der Waals surface area contributed by atoms with Crippen LogP contribution in [-0.2, 0) is 4.79 Å². The first-order chi connectivity index (χ1) is 9.76. The highest BCUT2D eigenvalue weighted by atomic mass is 16.5. The van der Waals surface area contributed by atoms with E-state index in [4.69, 9.17) is 9.47 Å². The lowest BCUT2D eigenvalue weighted by molar-refractivity contribution is -0.124. The summed E-state index contributed by atoms with van der Waals surface area (Å²) in [7, 11) is 3.49. The summed E-state index contributed by atoms with van der Waals surface area (Å²) in [6.07, 6.45) is 0. The smallest absolute Gasteiger partial charge is 0.258 e. The lowest BCUT2D eigenvalue weighted by Crippen LogP contribution is -2.43. The lowest BCUT2D eigenvalue weighted by atomic mass is 10.1. The van der Waals surface area contributed by atoms with E-state index in [-0.39, 0.29) is 24.1 Å². The monoisotopic (exact) mass is 294 g/mol. The first-order valence-corrected chi connectivity index (χ1v) is 7.06. The molecule has 2 N–H and O–H groups in total. The Hall–Kier alpha value is -1.75. The van der Waals surface area contributed by atoms with Crippen LogP contribution in [0.5, 0.6) is 11.5 Å². The van der Waals surface area contributed by atoms with Crippen LogP contribution in [0.4, 0.5) is 0 Å². The number of carbonyl (C=O) groups excluding carboxylic acids is 1. The number of ether oxygens (including phenoxy) is 2. The fraction of sp³-hybridized carbons (Fsp3) is 0.562. The van der Waals surface area contributed by atoms with E-state index in [0.717, 1.165) is 5.56 Å². The van der Waals surface area contributed by atoms with E-state index in [2.05, 4.69) is 17.6 Å². The second kappa shape index (κ2) is 7.31. The maximum absolute atomic E-state index is 11.8. The maximum atomic E-state index is 11.8. The van der Waals surface area contributed by atoms with Crippen LogP contribution in [0.3, 0.4) is 0 Å². The number of nitrogens with one attached hydrogen (secondary N) is 2. The van der Waals surface area contributed by atoms with Crippen LogP contribution >= 0.6 is 0 Å². The van der Waals surface area contributed by atoms with Crippen molar-refractivity contribution in [2.24, 2.45) is 0 Å². The molecule has 118 valence electrons. The molecular weight excluding hydrogens is 268 g/mol. The zero-order chi connectivity index (χ0) is 16.0. The Morgan fingerprint density at radius 2 is 1.95 bits per heavy atom. The summed E-state index contributed by atoms with van der Waals surface area (Å²) in [5.41, 5.74) is 0.831. The van der Waals surface area contributed by atoms with Crippen molar-refractivity contribution in [1.82, 2.24) is 10.6 Å². The van der Waals surface area contributed by atoms with Gasteiger partial charge in [0.05, 0.1) is 7.11 Å². The molecule has 5 heteroatoms. The van der Waals surface area contributed by atoms with Crippen LogP contribution in [0, 0.1) is 0 Å². The van der Waals surface area contributed by atoms with Crippen LogP contribution < -0.4 is 20.1 Å². The van der Waals surface area contributed by atoms with E-state index in [1.807, 2.05) is 46.0 Å². The fourth-order valence-electron chi connectivity index (χ4n) is 1.84. The van der Waals surface area contributed by atoms with E-state index in [1.54, 1.807) is 7.11 Å². The Kier molecular flexibility index (Phi) is 6.03. The van der Waals surface area contributed by atoms with Crippen molar-refractivity contribution in [1.29, 1.82) is 0 Å². The summed E-state index contributed by atoms with van der Waals surface area (Å²) in [4.78, 5) is 11.8. The summed E-state index contributed by atoms with van der Waals surface area (Å²) in [6, 6.07) is 5.92. The average molecular weight is 294 g/mol. The third-order valence-electron chi connectivity index (χ3n) is 2.99. The molecule has 0 aromatic heterocycles. The third kappa shape index (κ3) is 5.63. The molecule has 0 heterocycles. The van der Waals surface area contributed by atoms with E-state index >= 15 is 0 Å². The first kappa shape index (κ1) is 17.3. The van der Waals surface area contributed by atoms with Gasteiger partial charge in [-0.3, -0.25) is 4.79 Å². The van der Waals surface area contributed by atoms with Gasteiger partial charge in [-0.15, -0.1) is 0 Å². The van der Waals surface area contributed by atoms with Crippen molar-refractivity contribution in [3.8, 4) is 11.5 Å². The van der Waals surface area contributed by atoms with Gasteiger partial charge in [-0.05, 0) is 52.4 Å². The molecule has 0 aliphatic heterocycles. The molecule has 5 nitrogen and oxygen atoms in total. The van der Waals surface area contributed by atoms with Gasteiger partial charge in [0.25, 0.3) is 5.91 Å². The maximum Gasteiger partial charge on any atom is 0.258 e. The van der Waals surface area contributed by atoms with E-state index in [0.29, 0.717) is 11.5 Å². The number of hydrogen-bond donors (Lipinski definition) is 2. The number of rotatable bonds is 6. The highest BCUT2D eigenvalue weighted by Gasteiger charge is 2.15. The first-order valence-electron chi connectivity index (χ1n) is 7.06. The number of methoxy groups -OCH3 is 1. The van der Waals surface area contributed by atoms with Crippen molar-refractivity contribution >= 4 is 5.91 Å². The molecule has 1 unspecified atom stereocenters. The van der Waals surface area contributed by atoms with Crippen molar-refractivity contribution in [3.63, 3.8) is 0 Å². The quantitative estimate of drug-likeness (QED) is 0.845. The van der Waals surface area contributed by atoms with E-state index in [9.17, 15) is 4.79 Å². The predicted molar refractivity (Wildman–Crippen MR) is 83.9 cm³/mol. The van der Waals surface area contributed by atoms with Crippen LogP contribution in [0.2, 0.25) is 0 Å². The molecule has 1 rings (SSSR count). The second-order valence-corrected chi connectivity index (χ2v) is 6.01. The summed E-state index contributed by atoms with van der Waals surface area (Å²) >= 11 is 0. The molecule has 1 atom stereocenters. The molecule has 1 aromatic rings. The Balaban J connectivity index is 2.73.